The minimum absolute atomic E-state index is 0.260. The summed E-state index contributed by atoms with van der Waals surface area (Å²) >= 11 is 0. The van der Waals surface area contributed by atoms with Crippen molar-refractivity contribution >= 4 is 0 Å². The molecule has 3 fully saturated rings. The summed E-state index contributed by atoms with van der Waals surface area (Å²) in [5.41, 5.74) is 0.260. The van der Waals surface area contributed by atoms with E-state index in [1.807, 2.05) is 0 Å². The van der Waals surface area contributed by atoms with Gasteiger partial charge in [-0.05, 0) is 51.6 Å². The van der Waals surface area contributed by atoms with Gasteiger partial charge in [-0.2, -0.15) is 0 Å². The molecule has 2 atom stereocenters. The van der Waals surface area contributed by atoms with Crippen LogP contribution in [0.3, 0.4) is 0 Å². The first-order valence-electron chi connectivity index (χ1n) is 8.93. The number of likely N-dealkylation sites (N-methyl/N-ethyl adjacent to an activating group) is 1. The zero-order chi connectivity index (χ0) is 13.8. The minimum Gasteiger partial charge on any atom is -0.375 e. The van der Waals surface area contributed by atoms with Gasteiger partial charge in [-0.15, -0.1) is 0 Å². The molecule has 0 aromatic carbocycles. The number of ether oxygens (including phenoxy) is 1. The van der Waals surface area contributed by atoms with Crippen molar-refractivity contribution in [2.45, 2.75) is 82.4 Å². The number of hydrogen-bond acceptors (Lipinski definition) is 3. The lowest BCUT2D eigenvalue weighted by Gasteiger charge is -2.44. The first kappa shape index (κ1) is 14.8. The van der Waals surface area contributed by atoms with Crippen LogP contribution < -0.4 is 5.32 Å². The van der Waals surface area contributed by atoms with E-state index in [9.17, 15) is 0 Å². The Kier molecular flexibility index (Phi) is 5.00. The molecule has 1 N–H and O–H groups in total. The van der Waals surface area contributed by atoms with Crippen molar-refractivity contribution in [1.29, 1.82) is 0 Å². The van der Waals surface area contributed by atoms with Crippen LogP contribution in [0.1, 0.15) is 64.7 Å². The Bertz CT molecular complexity index is 295. The first-order valence-corrected chi connectivity index (χ1v) is 8.93. The third-order valence-corrected chi connectivity index (χ3v) is 5.77. The van der Waals surface area contributed by atoms with E-state index in [0.717, 1.165) is 18.7 Å². The summed E-state index contributed by atoms with van der Waals surface area (Å²) in [5, 5.41) is 3.71. The highest BCUT2D eigenvalue weighted by molar-refractivity contribution is 4.94. The molecule has 0 radical (unpaired) electrons. The van der Waals surface area contributed by atoms with Crippen LogP contribution in [0.5, 0.6) is 0 Å². The fraction of sp³-hybridized carbons (Fsp3) is 1.00. The molecule has 0 amide bonds. The molecular formula is C17H32N2O. The molecule has 2 unspecified atom stereocenters. The van der Waals surface area contributed by atoms with Crippen LogP contribution in [0, 0.1) is 0 Å². The van der Waals surface area contributed by atoms with Gasteiger partial charge < -0.3 is 10.1 Å². The molecule has 0 aromatic heterocycles. The van der Waals surface area contributed by atoms with Crippen LogP contribution in [-0.4, -0.2) is 48.8 Å². The molecule has 3 heteroatoms. The fourth-order valence-corrected chi connectivity index (χ4v) is 4.58. The molecule has 116 valence electrons. The van der Waals surface area contributed by atoms with Crippen LogP contribution in [0.25, 0.3) is 0 Å². The predicted molar refractivity (Wildman–Crippen MR) is 83.1 cm³/mol. The van der Waals surface area contributed by atoms with Gasteiger partial charge in [0.2, 0.25) is 0 Å². The average molecular weight is 280 g/mol. The number of rotatable bonds is 4. The van der Waals surface area contributed by atoms with Gasteiger partial charge in [0.05, 0.1) is 5.60 Å². The van der Waals surface area contributed by atoms with Gasteiger partial charge in [-0.3, -0.25) is 4.90 Å². The number of nitrogens with one attached hydrogen (secondary N) is 1. The van der Waals surface area contributed by atoms with E-state index < -0.39 is 0 Å². The zero-order valence-electron chi connectivity index (χ0n) is 13.2. The van der Waals surface area contributed by atoms with Gasteiger partial charge in [0.1, 0.15) is 0 Å². The van der Waals surface area contributed by atoms with Gasteiger partial charge in [-0.25, -0.2) is 0 Å². The Balaban J connectivity index is 1.57. The van der Waals surface area contributed by atoms with Crippen LogP contribution in [0.4, 0.5) is 0 Å². The lowest BCUT2D eigenvalue weighted by molar-refractivity contribution is -0.102. The maximum absolute atomic E-state index is 6.20. The summed E-state index contributed by atoms with van der Waals surface area (Å²) in [6.07, 6.45) is 12.0. The molecule has 3 nitrogen and oxygen atoms in total. The predicted octanol–water partition coefficient (Wildman–Crippen LogP) is 2.94. The minimum atomic E-state index is 0.260. The normalized spacial score (nSPS) is 33.9. The molecule has 1 spiro atoms. The largest absolute Gasteiger partial charge is 0.375 e. The van der Waals surface area contributed by atoms with E-state index in [4.69, 9.17) is 4.74 Å². The second-order valence-electron chi connectivity index (χ2n) is 7.12. The van der Waals surface area contributed by atoms with E-state index in [-0.39, 0.29) is 5.60 Å². The molecule has 3 rings (SSSR count). The lowest BCUT2D eigenvalue weighted by Crippen LogP contribution is -2.52. The Hall–Kier alpha value is -0.120. The van der Waals surface area contributed by atoms with E-state index >= 15 is 0 Å². The second kappa shape index (κ2) is 6.76. The van der Waals surface area contributed by atoms with Gasteiger partial charge in [0.15, 0.2) is 0 Å². The van der Waals surface area contributed by atoms with Crippen molar-refractivity contribution in [3.05, 3.63) is 0 Å². The second-order valence-corrected chi connectivity index (χ2v) is 7.12. The Morgan fingerprint density at radius 1 is 1.15 bits per heavy atom. The summed E-state index contributed by atoms with van der Waals surface area (Å²) < 4.78 is 6.20. The number of hydrogen-bond donors (Lipinski definition) is 1. The molecular weight excluding hydrogens is 248 g/mol. The Morgan fingerprint density at radius 3 is 2.70 bits per heavy atom. The summed E-state index contributed by atoms with van der Waals surface area (Å²) in [7, 11) is 0. The molecule has 0 aromatic rings. The fourth-order valence-electron chi connectivity index (χ4n) is 4.58. The third kappa shape index (κ3) is 3.37. The number of piperidine rings is 1. The van der Waals surface area contributed by atoms with Gasteiger partial charge in [-0.1, -0.05) is 26.2 Å². The molecule has 0 bridgehead atoms. The maximum atomic E-state index is 6.20. The summed E-state index contributed by atoms with van der Waals surface area (Å²) in [4.78, 5) is 2.74. The monoisotopic (exact) mass is 280 g/mol. The highest BCUT2D eigenvalue weighted by Crippen LogP contribution is 2.41. The van der Waals surface area contributed by atoms with Crippen molar-refractivity contribution in [2.24, 2.45) is 0 Å². The smallest absolute Gasteiger partial charge is 0.0697 e. The van der Waals surface area contributed by atoms with Crippen molar-refractivity contribution in [1.82, 2.24) is 10.2 Å². The highest BCUT2D eigenvalue weighted by atomic mass is 16.5. The topological polar surface area (TPSA) is 24.5 Å². The zero-order valence-corrected chi connectivity index (χ0v) is 13.2. The Morgan fingerprint density at radius 2 is 2.00 bits per heavy atom. The quantitative estimate of drug-likeness (QED) is 0.857. The Labute approximate surface area is 124 Å². The van der Waals surface area contributed by atoms with Crippen LogP contribution in [0.15, 0.2) is 0 Å². The molecule has 2 heterocycles. The average Bonchev–Trinajstić information content (AvgIpc) is 2.93. The standard InChI is InChI=1S/C17H32N2O/c1-2-19(14-15-7-3-6-11-18-15)16-8-12-20-17(13-16)9-4-5-10-17/h15-16,18H,2-14H2,1H3. The molecule has 2 aliphatic heterocycles. The maximum Gasteiger partial charge on any atom is 0.0697 e. The van der Waals surface area contributed by atoms with Crippen molar-refractivity contribution in [3.8, 4) is 0 Å². The van der Waals surface area contributed by atoms with Gasteiger partial charge >= 0.3 is 0 Å². The third-order valence-electron chi connectivity index (χ3n) is 5.77. The lowest BCUT2D eigenvalue weighted by atomic mass is 9.87. The summed E-state index contributed by atoms with van der Waals surface area (Å²) in [5.74, 6) is 0. The van der Waals surface area contributed by atoms with Crippen LogP contribution in [-0.2, 0) is 4.74 Å². The molecule has 20 heavy (non-hydrogen) atoms. The summed E-state index contributed by atoms with van der Waals surface area (Å²) in [6.45, 7) is 6.98. The molecule has 3 aliphatic rings. The van der Waals surface area contributed by atoms with Gasteiger partial charge in [0, 0.05) is 25.2 Å². The van der Waals surface area contributed by atoms with E-state index in [1.165, 1.54) is 77.4 Å². The van der Waals surface area contributed by atoms with E-state index in [0.29, 0.717) is 0 Å². The van der Waals surface area contributed by atoms with Crippen LogP contribution in [0.2, 0.25) is 0 Å². The van der Waals surface area contributed by atoms with E-state index in [2.05, 4.69) is 17.1 Å². The van der Waals surface area contributed by atoms with Crippen LogP contribution >= 0.6 is 0 Å². The highest BCUT2D eigenvalue weighted by Gasteiger charge is 2.41. The molecule has 2 saturated heterocycles. The van der Waals surface area contributed by atoms with E-state index in [1.54, 1.807) is 0 Å². The number of nitrogens with zero attached hydrogens (tertiary/aromatic N) is 1. The summed E-state index contributed by atoms with van der Waals surface area (Å²) in [6, 6.07) is 1.49. The van der Waals surface area contributed by atoms with Crippen molar-refractivity contribution in [3.63, 3.8) is 0 Å². The molecule has 1 saturated carbocycles. The first-order chi connectivity index (χ1) is 9.81. The van der Waals surface area contributed by atoms with Crippen molar-refractivity contribution in [2.75, 3.05) is 26.2 Å². The van der Waals surface area contributed by atoms with Gasteiger partial charge in [0.25, 0.3) is 0 Å². The molecule has 1 aliphatic carbocycles. The van der Waals surface area contributed by atoms with Crippen molar-refractivity contribution < 1.29 is 4.74 Å². The SMILES string of the molecule is CCN(CC1CCCCN1)C1CCOC2(CCCC2)C1.